The molecular weight excluding hydrogens is 276 g/mol. The number of hydrogen-bond donors (Lipinski definition) is 2. The van der Waals surface area contributed by atoms with Crippen LogP contribution in [0.3, 0.4) is 0 Å². The zero-order valence-corrected chi connectivity index (χ0v) is 10.4. The van der Waals surface area contributed by atoms with Crippen molar-refractivity contribution in [2.75, 3.05) is 6.54 Å². The van der Waals surface area contributed by atoms with Crippen LogP contribution in [-0.4, -0.2) is 21.7 Å². The van der Waals surface area contributed by atoms with Gasteiger partial charge in [0.15, 0.2) is 5.82 Å². The van der Waals surface area contributed by atoms with Gasteiger partial charge in [-0.3, -0.25) is 5.10 Å². The maximum Gasteiger partial charge on any atom is 0.191 e. The van der Waals surface area contributed by atoms with Gasteiger partial charge in [-0.2, -0.15) is 5.10 Å². The number of halogens is 1. The molecule has 0 atom stereocenters. The van der Waals surface area contributed by atoms with Crippen LogP contribution in [0, 0.1) is 0 Å². The van der Waals surface area contributed by atoms with Gasteiger partial charge >= 0.3 is 0 Å². The van der Waals surface area contributed by atoms with E-state index in [1.807, 2.05) is 11.4 Å². The van der Waals surface area contributed by atoms with Gasteiger partial charge in [-0.1, -0.05) is 0 Å². The SMILES string of the molecule is NCCCc1nc(-c2cc(Br)cs2)n[nH]1. The van der Waals surface area contributed by atoms with Crippen molar-refractivity contribution in [3.05, 3.63) is 21.7 Å². The molecule has 2 aromatic heterocycles. The highest BCUT2D eigenvalue weighted by atomic mass is 79.9. The molecule has 0 aliphatic heterocycles. The second-order valence-electron chi connectivity index (χ2n) is 3.13. The van der Waals surface area contributed by atoms with Crippen LogP contribution in [0.2, 0.25) is 0 Å². The van der Waals surface area contributed by atoms with Gasteiger partial charge in [0.25, 0.3) is 0 Å². The lowest BCUT2D eigenvalue weighted by molar-refractivity contribution is 0.785. The summed E-state index contributed by atoms with van der Waals surface area (Å²) in [5, 5.41) is 9.11. The first-order valence-electron chi connectivity index (χ1n) is 4.65. The average molecular weight is 287 g/mol. The largest absolute Gasteiger partial charge is 0.330 e. The van der Waals surface area contributed by atoms with E-state index in [1.165, 1.54) is 0 Å². The van der Waals surface area contributed by atoms with Crippen LogP contribution >= 0.6 is 27.3 Å². The van der Waals surface area contributed by atoms with Crippen molar-refractivity contribution in [1.82, 2.24) is 15.2 Å². The minimum absolute atomic E-state index is 0.681. The predicted molar refractivity (Wildman–Crippen MR) is 64.8 cm³/mol. The first-order valence-corrected chi connectivity index (χ1v) is 6.32. The molecule has 15 heavy (non-hydrogen) atoms. The van der Waals surface area contributed by atoms with E-state index in [2.05, 4.69) is 31.1 Å². The van der Waals surface area contributed by atoms with Crippen LogP contribution in [0.5, 0.6) is 0 Å². The van der Waals surface area contributed by atoms with E-state index in [0.717, 1.165) is 33.8 Å². The number of hydrogen-bond acceptors (Lipinski definition) is 4. The molecular formula is C9H11BrN4S. The van der Waals surface area contributed by atoms with Gasteiger partial charge in [0.2, 0.25) is 0 Å². The molecule has 0 radical (unpaired) electrons. The Bertz CT molecular complexity index is 437. The zero-order valence-electron chi connectivity index (χ0n) is 8.03. The Balaban J connectivity index is 2.13. The van der Waals surface area contributed by atoms with Crippen molar-refractivity contribution in [2.24, 2.45) is 5.73 Å². The number of aromatic nitrogens is 3. The monoisotopic (exact) mass is 286 g/mol. The summed E-state index contributed by atoms with van der Waals surface area (Å²) in [6.07, 6.45) is 1.79. The smallest absolute Gasteiger partial charge is 0.191 e. The van der Waals surface area contributed by atoms with E-state index >= 15 is 0 Å². The van der Waals surface area contributed by atoms with Gasteiger partial charge in [0.05, 0.1) is 4.88 Å². The first kappa shape index (κ1) is 10.8. The quantitative estimate of drug-likeness (QED) is 0.905. The number of thiophene rings is 1. The maximum absolute atomic E-state index is 5.43. The van der Waals surface area contributed by atoms with E-state index in [0.29, 0.717) is 6.54 Å². The normalized spacial score (nSPS) is 10.8. The molecule has 0 aromatic carbocycles. The predicted octanol–water partition coefficient (Wildman–Crippen LogP) is 2.19. The maximum atomic E-state index is 5.43. The third kappa shape index (κ3) is 2.64. The van der Waals surface area contributed by atoms with E-state index < -0.39 is 0 Å². The van der Waals surface area contributed by atoms with Crippen molar-refractivity contribution in [3.8, 4) is 10.7 Å². The van der Waals surface area contributed by atoms with E-state index in [1.54, 1.807) is 11.3 Å². The minimum Gasteiger partial charge on any atom is -0.330 e. The fourth-order valence-electron chi connectivity index (χ4n) is 1.22. The van der Waals surface area contributed by atoms with E-state index in [-0.39, 0.29) is 0 Å². The van der Waals surface area contributed by atoms with Gasteiger partial charge < -0.3 is 5.73 Å². The molecule has 0 saturated carbocycles. The standard InChI is InChI=1S/C9H11BrN4S/c10-6-4-7(15-5-6)9-12-8(13-14-9)2-1-3-11/h4-5H,1-3,11H2,(H,12,13,14). The van der Waals surface area contributed by atoms with Crippen molar-refractivity contribution < 1.29 is 0 Å². The summed E-state index contributed by atoms with van der Waals surface area (Å²) in [5.74, 6) is 1.66. The van der Waals surface area contributed by atoms with Crippen LogP contribution < -0.4 is 5.73 Å². The van der Waals surface area contributed by atoms with E-state index in [9.17, 15) is 0 Å². The highest BCUT2D eigenvalue weighted by molar-refractivity contribution is 9.10. The molecule has 0 aliphatic carbocycles. The molecule has 0 unspecified atom stereocenters. The molecule has 0 aliphatic rings. The molecule has 0 saturated heterocycles. The highest BCUT2D eigenvalue weighted by Gasteiger charge is 2.07. The molecule has 80 valence electrons. The van der Waals surface area contributed by atoms with Crippen LogP contribution in [-0.2, 0) is 6.42 Å². The summed E-state index contributed by atoms with van der Waals surface area (Å²) in [7, 11) is 0. The van der Waals surface area contributed by atoms with Gasteiger partial charge in [0, 0.05) is 16.3 Å². The molecule has 4 nitrogen and oxygen atoms in total. The Hall–Kier alpha value is -0.720. The second-order valence-corrected chi connectivity index (χ2v) is 4.95. The lowest BCUT2D eigenvalue weighted by atomic mass is 10.3. The molecule has 0 spiro atoms. The Kier molecular flexibility index (Phi) is 3.50. The number of aryl methyl sites for hydroxylation is 1. The lowest BCUT2D eigenvalue weighted by Crippen LogP contribution is -2.01. The molecule has 2 rings (SSSR count). The Morgan fingerprint density at radius 1 is 1.53 bits per heavy atom. The number of aromatic amines is 1. The number of nitrogens with two attached hydrogens (primary N) is 1. The van der Waals surface area contributed by atoms with Gasteiger partial charge in [-0.25, -0.2) is 4.98 Å². The second kappa shape index (κ2) is 4.87. The van der Waals surface area contributed by atoms with Crippen molar-refractivity contribution in [1.29, 1.82) is 0 Å². The first-order chi connectivity index (χ1) is 7.29. The van der Waals surface area contributed by atoms with Crippen LogP contribution in [0.25, 0.3) is 10.7 Å². The van der Waals surface area contributed by atoms with E-state index in [4.69, 9.17) is 5.73 Å². The number of H-pyrrole nitrogens is 1. The third-order valence-corrected chi connectivity index (χ3v) is 3.62. The Morgan fingerprint density at radius 2 is 2.40 bits per heavy atom. The van der Waals surface area contributed by atoms with Crippen molar-refractivity contribution in [2.45, 2.75) is 12.8 Å². The van der Waals surface area contributed by atoms with Gasteiger partial charge in [-0.15, -0.1) is 11.3 Å². The number of rotatable bonds is 4. The van der Waals surface area contributed by atoms with Gasteiger partial charge in [-0.05, 0) is 35.0 Å². The van der Waals surface area contributed by atoms with Crippen LogP contribution in [0.1, 0.15) is 12.2 Å². The Morgan fingerprint density at radius 3 is 3.07 bits per heavy atom. The summed E-state index contributed by atoms with van der Waals surface area (Å²) in [6, 6.07) is 2.01. The van der Waals surface area contributed by atoms with Crippen LogP contribution in [0.15, 0.2) is 15.9 Å². The minimum atomic E-state index is 0.681. The topological polar surface area (TPSA) is 67.6 Å². The molecule has 0 fully saturated rings. The zero-order chi connectivity index (χ0) is 10.7. The molecule has 2 heterocycles. The summed E-state index contributed by atoms with van der Waals surface area (Å²) >= 11 is 5.03. The highest BCUT2D eigenvalue weighted by Crippen LogP contribution is 2.27. The third-order valence-electron chi connectivity index (χ3n) is 1.94. The van der Waals surface area contributed by atoms with Crippen LogP contribution in [0.4, 0.5) is 0 Å². The molecule has 6 heteroatoms. The molecule has 0 amide bonds. The number of nitrogens with one attached hydrogen (secondary N) is 1. The fraction of sp³-hybridized carbons (Fsp3) is 0.333. The summed E-state index contributed by atoms with van der Waals surface area (Å²) in [5.41, 5.74) is 5.43. The van der Waals surface area contributed by atoms with Crippen molar-refractivity contribution in [3.63, 3.8) is 0 Å². The molecule has 0 bridgehead atoms. The molecule has 3 N–H and O–H groups in total. The Labute approximate surface area is 100 Å². The fourth-order valence-corrected chi connectivity index (χ4v) is 2.58. The van der Waals surface area contributed by atoms with Gasteiger partial charge in [0.1, 0.15) is 5.82 Å². The summed E-state index contributed by atoms with van der Waals surface area (Å²) in [6.45, 7) is 0.681. The molecule has 2 aromatic rings. The number of nitrogens with zero attached hydrogens (tertiary/aromatic N) is 2. The summed E-state index contributed by atoms with van der Waals surface area (Å²) < 4.78 is 1.07. The summed E-state index contributed by atoms with van der Waals surface area (Å²) in [4.78, 5) is 5.47. The van der Waals surface area contributed by atoms with Crippen molar-refractivity contribution >= 4 is 27.3 Å². The lowest BCUT2D eigenvalue weighted by Gasteiger charge is -1.90. The average Bonchev–Trinajstić information content (AvgIpc) is 2.83.